The lowest BCUT2D eigenvalue weighted by atomic mass is 9.87. The van der Waals surface area contributed by atoms with Crippen LogP contribution in [0.3, 0.4) is 0 Å². The molecule has 1 aromatic heterocycles. The van der Waals surface area contributed by atoms with Gasteiger partial charge in [0.1, 0.15) is 12.2 Å². The zero-order valence-corrected chi connectivity index (χ0v) is 27.7. The number of aromatic nitrogens is 1. The fourth-order valence-corrected chi connectivity index (χ4v) is 6.38. The maximum absolute atomic E-state index is 13.8. The Morgan fingerprint density at radius 1 is 1.20 bits per heavy atom. The molecule has 0 saturated heterocycles. The lowest BCUT2D eigenvalue weighted by Gasteiger charge is -2.40. The Balaban J connectivity index is 1.67. The molecule has 2 aromatic carbocycles. The summed E-state index contributed by atoms with van der Waals surface area (Å²) >= 11 is 2.07. The minimum atomic E-state index is -1.17. The van der Waals surface area contributed by atoms with Gasteiger partial charge in [0, 0.05) is 49.1 Å². The van der Waals surface area contributed by atoms with E-state index in [1.54, 1.807) is 23.1 Å². The molecule has 1 heterocycles. The number of rotatable bonds is 16. The number of carbonyl (C=O) groups excluding carboxylic acids is 2. The van der Waals surface area contributed by atoms with Crippen molar-refractivity contribution >= 4 is 45.3 Å². The van der Waals surface area contributed by atoms with E-state index in [0.29, 0.717) is 52.0 Å². The first-order valence-electron chi connectivity index (χ1n) is 15.2. The summed E-state index contributed by atoms with van der Waals surface area (Å²) in [6.45, 7) is 3.74. The van der Waals surface area contributed by atoms with Gasteiger partial charge in [-0.3, -0.25) is 9.59 Å². The Morgan fingerprint density at radius 2 is 2.00 bits per heavy atom. The summed E-state index contributed by atoms with van der Waals surface area (Å²) in [4.78, 5) is 32.1. The highest BCUT2D eigenvalue weighted by Crippen LogP contribution is 2.37. The number of aliphatic hydroxyl groups is 3. The second kappa shape index (κ2) is 16.8. The molecule has 4 rings (SSSR count). The number of nitrogens with one attached hydrogen (secondary N) is 2. The number of aromatic amines is 1. The van der Waals surface area contributed by atoms with Crippen LogP contribution in [0, 0.1) is 3.57 Å². The topological polar surface area (TPSA) is 144 Å². The fourth-order valence-electron chi connectivity index (χ4n) is 5.59. The number of halogens is 1. The van der Waals surface area contributed by atoms with Gasteiger partial charge in [0.05, 0.1) is 29.9 Å². The number of carbonyl (C=O) groups is 2. The van der Waals surface area contributed by atoms with E-state index < -0.39 is 24.2 Å². The summed E-state index contributed by atoms with van der Waals surface area (Å²) in [7, 11) is 1.49. The molecule has 1 aliphatic rings. The first-order valence-corrected chi connectivity index (χ1v) is 16.3. The molecule has 0 saturated carbocycles. The summed E-state index contributed by atoms with van der Waals surface area (Å²) in [6, 6.07) is 12.7. The lowest BCUT2D eigenvalue weighted by molar-refractivity contribution is -0.138. The van der Waals surface area contributed by atoms with Gasteiger partial charge in [0.15, 0.2) is 11.5 Å². The number of fused-ring (bicyclic) bond motifs is 1. The Hall–Kier alpha value is -3.39. The van der Waals surface area contributed by atoms with Gasteiger partial charge in [-0.1, -0.05) is 24.3 Å². The molecule has 0 bridgehead atoms. The zero-order chi connectivity index (χ0) is 32.3. The molecule has 0 unspecified atom stereocenters. The number of nitrogens with zero attached hydrogens (tertiary/aromatic N) is 1. The molecule has 242 valence electrons. The van der Waals surface area contributed by atoms with Crippen LogP contribution < -0.4 is 14.8 Å². The van der Waals surface area contributed by atoms with Crippen molar-refractivity contribution in [3.8, 4) is 11.5 Å². The van der Waals surface area contributed by atoms with Crippen LogP contribution in [0.15, 0.2) is 66.8 Å². The van der Waals surface area contributed by atoms with E-state index in [-0.39, 0.29) is 32.1 Å². The molecule has 0 spiro atoms. The number of allylic oxidation sites excluding steroid dienone is 1. The number of methoxy groups -OCH3 is 1. The number of benzene rings is 2. The van der Waals surface area contributed by atoms with Crippen molar-refractivity contribution in [2.45, 2.75) is 63.4 Å². The van der Waals surface area contributed by atoms with E-state index in [4.69, 9.17) is 9.47 Å². The van der Waals surface area contributed by atoms with Crippen LogP contribution in [0.4, 0.5) is 0 Å². The van der Waals surface area contributed by atoms with Crippen LogP contribution in [0.5, 0.6) is 11.5 Å². The Labute approximate surface area is 277 Å². The summed E-state index contributed by atoms with van der Waals surface area (Å²) in [5.41, 5.74) is 2.94. The molecule has 0 aliphatic heterocycles. The molecule has 3 aromatic rings. The number of hydrogen-bond acceptors (Lipinski definition) is 7. The monoisotopic (exact) mass is 731 g/mol. The van der Waals surface area contributed by atoms with E-state index in [1.165, 1.54) is 7.11 Å². The SMILES string of the molecule is C=CCCCCC(=O)N(CCc1cc2ccccc2[nH]1)[C@@H]1CC(C(=O)NCCO)=C[C@H](Oc2c(I)cc(CO)cc2OC)[C@H]1O. The molecule has 3 atom stereocenters. The van der Waals surface area contributed by atoms with E-state index in [1.807, 2.05) is 30.3 Å². The smallest absolute Gasteiger partial charge is 0.247 e. The predicted molar refractivity (Wildman–Crippen MR) is 181 cm³/mol. The number of hydrogen-bond donors (Lipinski definition) is 5. The molecular weight excluding hydrogens is 689 g/mol. The number of aliphatic hydroxyl groups excluding tert-OH is 3. The molecule has 0 radical (unpaired) electrons. The summed E-state index contributed by atoms with van der Waals surface area (Å²) in [5, 5.41) is 34.6. The van der Waals surface area contributed by atoms with Gasteiger partial charge in [0.2, 0.25) is 11.8 Å². The van der Waals surface area contributed by atoms with Gasteiger partial charge >= 0.3 is 0 Å². The lowest BCUT2D eigenvalue weighted by Crippen LogP contribution is -2.55. The van der Waals surface area contributed by atoms with Crippen molar-refractivity contribution in [1.82, 2.24) is 15.2 Å². The largest absolute Gasteiger partial charge is 0.493 e. The molecule has 45 heavy (non-hydrogen) atoms. The molecule has 2 amide bonds. The summed E-state index contributed by atoms with van der Waals surface area (Å²) in [5.74, 6) is 0.205. The number of ether oxygens (including phenoxy) is 2. The number of amides is 2. The van der Waals surface area contributed by atoms with Gasteiger partial charge in [0.25, 0.3) is 0 Å². The third-order valence-electron chi connectivity index (χ3n) is 7.92. The molecule has 10 nitrogen and oxygen atoms in total. The van der Waals surface area contributed by atoms with Crippen molar-refractivity contribution in [3.05, 3.63) is 81.6 Å². The summed E-state index contributed by atoms with van der Waals surface area (Å²) in [6.07, 6.45) is 4.46. The van der Waals surface area contributed by atoms with Crippen LogP contribution in [0.25, 0.3) is 10.9 Å². The van der Waals surface area contributed by atoms with Gasteiger partial charge in [-0.05, 0) is 83.1 Å². The van der Waals surface area contributed by atoms with Crippen molar-refractivity contribution in [3.63, 3.8) is 0 Å². The molecule has 11 heteroatoms. The van der Waals surface area contributed by atoms with Gasteiger partial charge in [-0.25, -0.2) is 0 Å². The predicted octanol–water partition coefficient (Wildman–Crippen LogP) is 4.01. The normalized spacial score (nSPS) is 17.9. The molecule has 5 N–H and O–H groups in total. The van der Waals surface area contributed by atoms with Crippen molar-refractivity contribution in [2.24, 2.45) is 0 Å². The first-order chi connectivity index (χ1) is 21.8. The second-order valence-electron chi connectivity index (χ2n) is 11.0. The van der Waals surface area contributed by atoms with Crippen LogP contribution in [-0.4, -0.2) is 82.1 Å². The average Bonchev–Trinajstić information content (AvgIpc) is 3.47. The zero-order valence-electron chi connectivity index (χ0n) is 25.5. The number of para-hydroxylation sites is 1. The maximum atomic E-state index is 13.8. The van der Waals surface area contributed by atoms with E-state index in [0.717, 1.165) is 29.4 Å². The highest BCUT2D eigenvalue weighted by Gasteiger charge is 2.40. The van der Waals surface area contributed by atoms with Gasteiger partial charge in [-0.15, -0.1) is 6.58 Å². The third-order valence-corrected chi connectivity index (χ3v) is 8.72. The highest BCUT2D eigenvalue weighted by molar-refractivity contribution is 14.1. The van der Waals surface area contributed by atoms with Gasteiger partial charge < -0.3 is 40.0 Å². The Bertz CT molecular complexity index is 1470. The highest BCUT2D eigenvalue weighted by atomic mass is 127. The second-order valence-corrected chi connectivity index (χ2v) is 12.2. The van der Waals surface area contributed by atoms with E-state index in [9.17, 15) is 24.9 Å². The Morgan fingerprint density at radius 3 is 2.71 bits per heavy atom. The maximum Gasteiger partial charge on any atom is 0.247 e. The molecular formula is C34H42IN3O7. The molecule has 0 fully saturated rings. The van der Waals surface area contributed by atoms with Crippen LogP contribution in [-0.2, 0) is 22.6 Å². The number of H-pyrrole nitrogens is 1. The van der Waals surface area contributed by atoms with E-state index >= 15 is 0 Å². The minimum Gasteiger partial charge on any atom is -0.493 e. The van der Waals surface area contributed by atoms with Crippen molar-refractivity contribution in [1.29, 1.82) is 0 Å². The average molecular weight is 732 g/mol. The van der Waals surface area contributed by atoms with Crippen molar-refractivity contribution in [2.75, 3.05) is 26.8 Å². The van der Waals surface area contributed by atoms with Crippen LogP contribution in [0.1, 0.15) is 43.4 Å². The Kier molecular flexibility index (Phi) is 12.9. The minimum absolute atomic E-state index is 0.0651. The molecule has 1 aliphatic carbocycles. The van der Waals surface area contributed by atoms with Crippen LogP contribution >= 0.6 is 22.6 Å². The van der Waals surface area contributed by atoms with E-state index in [2.05, 4.69) is 45.5 Å². The quantitative estimate of drug-likeness (QED) is 0.0852. The van der Waals surface area contributed by atoms with Crippen LogP contribution in [0.2, 0.25) is 0 Å². The third kappa shape index (κ3) is 8.87. The number of unbranched alkanes of at least 4 members (excludes halogenated alkanes) is 2. The van der Waals surface area contributed by atoms with Gasteiger partial charge in [-0.2, -0.15) is 0 Å². The summed E-state index contributed by atoms with van der Waals surface area (Å²) < 4.78 is 12.5. The fraction of sp³-hybridized carbons (Fsp3) is 0.412. The first kappa shape index (κ1) is 34.5. The van der Waals surface area contributed by atoms with Crippen molar-refractivity contribution < 1.29 is 34.4 Å². The standard InChI is InChI=1S/C34H42IN3O7/c1-3-4-5-6-11-31(41)38(14-12-25-18-23-9-7-8-10-27(23)37-25)28-19-24(34(43)36-13-15-39)20-29(32(28)42)45-33-26(35)16-22(21-40)17-30(33)44-2/h3,7-10,16-18,20,28-29,32,37,39-40,42H,1,4-6,11-15,19,21H2,2H3,(H,36,43)/t28-,29+,32+/m1/s1.